The average molecular weight is 323 g/mol. The second-order valence-electron chi connectivity index (χ2n) is 4.85. The first-order chi connectivity index (χ1) is 10.9. The highest BCUT2D eigenvalue weighted by Gasteiger charge is 2.31. The van der Waals surface area contributed by atoms with Crippen LogP contribution < -0.4 is 4.74 Å². The van der Waals surface area contributed by atoms with Crippen LogP contribution in [0.5, 0.6) is 11.5 Å². The van der Waals surface area contributed by atoms with Crippen LogP contribution in [0.15, 0.2) is 47.5 Å². The Balaban J connectivity index is 2.38. The van der Waals surface area contributed by atoms with Gasteiger partial charge in [-0.3, -0.25) is 4.99 Å². The van der Waals surface area contributed by atoms with E-state index in [1.807, 2.05) is 6.92 Å². The second-order valence-corrected chi connectivity index (χ2v) is 4.85. The summed E-state index contributed by atoms with van der Waals surface area (Å²) in [6, 6.07) is 9.58. The fraction of sp³-hybridized carbons (Fsp3) is 0.235. The van der Waals surface area contributed by atoms with Crippen molar-refractivity contribution in [2.24, 2.45) is 4.99 Å². The monoisotopic (exact) mass is 323 g/mol. The van der Waals surface area contributed by atoms with E-state index in [1.54, 1.807) is 18.2 Å². The summed E-state index contributed by atoms with van der Waals surface area (Å²) in [4.78, 5) is 4.05. The Kier molecular flexibility index (Phi) is 5.26. The average Bonchev–Trinajstić information content (AvgIpc) is 2.51. The number of alkyl halides is 3. The molecular formula is C17H16F3NO2. The summed E-state index contributed by atoms with van der Waals surface area (Å²) in [6.45, 7) is 2.28. The van der Waals surface area contributed by atoms with Crippen LogP contribution in [0, 0.1) is 0 Å². The third-order valence-electron chi connectivity index (χ3n) is 3.03. The van der Waals surface area contributed by atoms with E-state index in [9.17, 15) is 18.3 Å². The Hall–Kier alpha value is -2.50. The summed E-state index contributed by atoms with van der Waals surface area (Å²) in [5, 5.41) is 9.68. The molecule has 2 rings (SSSR count). The van der Waals surface area contributed by atoms with Crippen LogP contribution in [0.25, 0.3) is 0 Å². The van der Waals surface area contributed by atoms with E-state index in [-0.39, 0.29) is 17.2 Å². The fourth-order valence-electron chi connectivity index (χ4n) is 1.86. The molecule has 1 N–H and O–H groups in total. The first-order valence-corrected chi connectivity index (χ1v) is 7.08. The molecule has 0 aromatic heterocycles. The summed E-state index contributed by atoms with van der Waals surface area (Å²) in [6.07, 6.45) is -2.42. The van der Waals surface area contributed by atoms with Crippen LogP contribution in [-0.2, 0) is 6.18 Å². The van der Waals surface area contributed by atoms with E-state index >= 15 is 0 Å². The number of rotatable bonds is 5. The number of phenolic OH excluding ortho intramolecular Hbond substituents is 1. The van der Waals surface area contributed by atoms with Crippen molar-refractivity contribution in [3.63, 3.8) is 0 Å². The highest BCUT2D eigenvalue weighted by atomic mass is 19.4. The minimum absolute atomic E-state index is 0.000692. The summed E-state index contributed by atoms with van der Waals surface area (Å²) in [5.41, 5.74) is -0.325. The van der Waals surface area contributed by atoms with Crippen LogP contribution in [0.2, 0.25) is 0 Å². The van der Waals surface area contributed by atoms with Gasteiger partial charge in [0.1, 0.15) is 17.2 Å². The molecule has 0 aliphatic rings. The number of benzene rings is 2. The van der Waals surface area contributed by atoms with E-state index in [0.717, 1.165) is 18.6 Å². The zero-order chi connectivity index (χ0) is 16.9. The van der Waals surface area contributed by atoms with Crippen molar-refractivity contribution in [1.82, 2.24) is 0 Å². The minimum atomic E-state index is -4.46. The summed E-state index contributed by atoms with van der Waals surface area (Å²) >= 11 is 0. The molecule has 0 radical (unpaired) electrons. The van der Waals surface area contributed by atoms with Gasteiger partial charge in [0, 0.05) is 11.8 Å². The standard InChI is InChI=1S/C17H16F3NO2/c1-2-9-23-16-8-7-13(17(18,19)20)10-14(16)21-11-12-5-3-4-6-15(12)22/h3-8,10-11,22H,2,9H2,1H3. The largest absolute Gasteiger partial charge is 0.507 e. The maximum Gasteiger partial charge on any atom is 0.416 e. The van der Waals surface area contributed by atoms with Crippen LogP contribution in [0.3, 0.4) is 0 Å². The number of aromatic hydroxyl groups is 1. The number of hydrogen-bond acceptors (Lipinski definition) is 3. The van der Waals surface area contributed by atoms with Crippen molar-refractivity contribution in [1.29, 1.82) is 0 Å². The molecule has 0 atom stereocenters. The molecule has 122 valence electrons. The molecule has 0 spiro atoms. The van der Waals surface area contributed by atoms with Crippen molar-refractivity contribution in [2.75, 3.05) is 6.61 Å². The summed E-state index contributed by atoms with van der Waals surface area (Å²) in [7, 11) is 0. The van der Waals surface area contributed by atoms with Crippen molar-refractivity contribution < 1.29 is 23.0 Å². The molecule has 0 aliphatic carbocycles. The third kappa shape index (κ3) is 4.48. The van der Waals surface area contributed by atoms with Gasteiger partial charge in [-0.2, -0.15) is 13.2 Å². The molecule has 0 saturated heterocycles. The topological polar surface area (TPSA) is 41.8 Å². The Bertz CT molecular complexity index is 696. The van der Waals surface area contributed by atoms with Crippen molar-refractivity contribution in [2.45, 2.75) is 19.5 Å². The predicted molar refractivity (Wildman–Crippen MR) is 82.6 cm³/mol. The lowest BCUT2D eigenvalue weighted by atomic mass is 10.1. The molecule has 0 heterocycles. The van der Waals surface area contributed by atoms with Gasteiger partial charge in [-0.1, -0.05) is 19.1 Å². The number of halogens is 3. The Morgan fingerprint density at radius 2 is 1.91 bits per heavy atom. The molecule has 0 aliphatic heterocycles. The third-order valence-corrected chi connectivity index (χ3v) is 3.03. The van der Waals surface area contributed by atoms with Gasteiger partial charge in [-0.05, 0) is 36.8 Å². The lowest BCUT2D eigenvalue weighted by Crippen LogP contribution is -2.05. The van der Waals surface area contributed by atoms with Crippen molar-refractivity contribution in [3.8, 4) is 11.5 Å². The molecule has 6 heteroatoms. The lowest BCUT2D eigenvalue weighted by Gasteiger charge is -2.11. The first kappa shape index (κ1) is 16.9. The normalized spacial score (nSPS) is 11.8. The van der Waals surface area contributed by atoms with Gasteiger partial charge in [0.15, 0.2) is 0 Å². The van der Waals surface area contributed by atoms with E-state index in [0.29, 0.717) is 12.2 Å². The van der Waals surface area contributed by atoms with Gasteiger partial charge in [0.25, 0.3) is 0 Å². The number of hydrogen-bond donors (Lipinski definition) is 1. The highest BCUT2D eigenvalue weighted by molar-refractivity contribution is 5.85. The molecule has 0 amide bonds. The second kappa shape index (κ2) is 7.17. The molecule has 0 fully saturated rings. The number of phenols is 1. The molecular weight excluding hydrogens is 307 g/mol. The van der Waals surface area contributed by atoms with Crippen molar-refractivity contribution >= 4 is 11.9 Å². The summed E-state index contributed by atoms with van der Waals surface area (Å²) in [5.74, 6) is 0.269. The van der Waals surface area contributed by atoms with Gasteiger partial charge >= 0.3 is 6.18 Å². The number of ether oxygens (including phenoxy) is 1. The highest BCUT2D eigenvalue weighted by Crippen LogP contribution is 2.36. The van der Waals surface area contributed by atoms with E-state index < -0.39 is 11.7 Å². The van der Waals surface area contributed by atoms with Crippen LogP contribution in [0.4, 0.5) is 18.9 Å². The molecule has 2 aromatic rings. The lowest BCUT2D eigenvalue weighted by molar-refractivity contribution is -0.137. The van der Waals surface area contributed by atoms with Crippen LogP contribution in [-0.4, -0.2) is 17.9 Å². The molecule has 2 aromatic carbocycles. The molecule has 0 saturated carbocycles. The van der Waals surface area contributed by atoms with E-state index in [2.05, 4.69) is 4.99 Å². The maximum absolute atomic E-state index is 12.8. The smallest absolute Gasteiger partial charge is 0.416 e. The van der Waals surface area contributed by atoms with Gasteiger partial charge in [0.05, 0.1) is 12.2 Å². The maximum atomic E-state index is 12.8. The Morgan fingerprint density at radius 3 is 2.57 bits per heavy atom. The molecule has 0 unspecified atom stereocenters. The summed E-state index contributed by atoms with van der Waals surface area (Å²) < 4.78 is 44.0. The predicted octanol–water partition coefficient (Wildman–Crippen LogP) is 4.95. The Labute approximate surface area is 132 Å². The molecule has 0 bridgehead atoms. The van der Waals surface area contributed by atoms with Crippen molar-refractivity contribution in [3.05, 3.63) is 53.6 Å². The van der Waals surface area contributed by atoms with E-state index in [1.165, 1.54) is 18.3 Å². The quantitative estimate of drug-likeness (QED) is 0.791. The number of nitrogens with zero attached hydrogens (tertiary/aromatic N) is 1. The Morgan fingerprint density at radius 1 is 1.17 bits per heavy atom. The SMILES string of the molecule is CCCOc1ccc(C(F)(F)F)cc1N=Cc1ccccc1O. The zero-order valence-electron chi connectivity index (χ0n) is 12.5. The molecule has 3 nitrogen and oxygen atoms in total. The number of aliphatic imine (C=N–C) groups is 1. The minimum Gasteiger partial charge on any atom is -0.507 e. The van der Waals surface area contributed by atoms with Gasteiger partial charge < -0.3 is 9.84 Å². The first-order valence-electron chi connectivity index (χ1n) is 7.08. The molecule has 23 heavy (non-hydrogen) atoms. The van der Waals surface area contributed by atoms with Crippen LogP contribution >= 0.6 is 0 Å². The van der Waals surface area contributed by atoms with Crippen LogP contribution in [0.1, 0.15) is 24.5 Å². The van der Waals surface area contributed by atoms with E-state index in [4.69, 9.17) is 4.74 Å². The van der Waals surface area contributed by atoms with Gasteiger partial charge in [-0.25, -0.2) is 0 Å². The fourth-order valence-corrected chi connectivity index (χ4v) is 1.86. The zero-order valence-corrected chi connectivity index (χ0v) is 12.5. The van der Waals surface area contributed by atoms with Gasteiger partial charge in [0.2, 0.25) is 0 Å². The number of para-hydroxylation sites is 1. The van der Waals surface area contributed by atoms with Gasteiger partial charge in [-0.15, -0.1) is 0 Å².